The number of nitrogens with zero attached hydrogens (tertiary/aromatic N) is 1. The number of halogens is 1. The molecule has 156 valence electrons. The molecule has 12 heteroatoms. The third-order valence-electron chi connectivity index (χ3n) is 3.78. The Labute approximate surface area is 172 Å². The Balaban J connectivity index is 2.37. The molecule has 4 N–H and O–H groups in total. The lowest BCUT2D eigenvalue weighted by Crippen LogP contribution is -2.40. The molecule has 0 unspecified atom stereocenters. The molecule has 0 aliphatic rings. The number of hydrazine groups is 1. The van der Waals surface area contributed by atoms with E-state index in [0.717, 1.165) is 17.7 Å². The minimum Gasteiger partial charge on any atom is -0.336 e. The maximum atomic E-state index is 12.9. The monoisotopic (exact) mass is 441 g/mol. The largest absolute Gasteiger partial charge is 0.336 e. The first kappa shape index (κ1) is 22.2. The molecule has 0 aliphatic heterocycles. The lowest BCUT2D eigenvalue weighted by atomic mass is 10.1. The molecule has 0 heterocycles. The van der Waals surface area contributed by atoms with Crippen LogP contribution in [0.1, 0.15) is 11.1 Å². The van der Waals surface area contributed by atoms with Gasteiger partial charge in [-0.1, -0.05) is 17.7 Å². The number of benzene rings is 2. The number of carbonyl (C=O) groups excluding carboxylic acids is 1. The highest BCUT2D eigenvalue weighted by Crippen LogP contribution is 2.29. The summed E-state index contributed by atoms with van der Waals surface area (Å²) in [6.07, 6.45) is 0. The molecule has 0 aliphatic carbocycles. The van der Waals surface area contributed by atoms with Gasteiger partial charge in [-0.15, -0.1) is 11.6 Å². The third-order valence-corrected chi connectivity index (χ3v) is 5.38. The van der Waals surface area contributed by atoms with Crippen molar-refractivity contribution in [2.75, 3.05) is 22.6 Å². The minimum absolute atomic E-state index is 0.0473. The van der Waals surface area contributed by atoms with Gasteiger partial charge in [0.05, 0.1) is 16.3 Å². The second-order valence-corrected chi connectivity index (χ2v) is 8.09. The van der Waals surface area contributed by atoms with Gasteiger partial charge >= 0.3 is 6.03 Å². The van der Waals surface area contributed by atoms with Gasteiger partial charge in [-0.3, -0.25) is 25.7 Å². The van der Waals surface area contributed by atoms with E-state index in [1.54, 1.807) is 25.1 Å². The van der Waals surface area contributed by atoms with Crippen molar-refractivity contribution in [3.8, 4) is 0 Å². The fraction of sp³-hybridized carbons (Fsp3) is 0.235. The zero-order chi connectivity index (χ0) is 21.6. The number of sulfonamides is 1. The van der Waals surface area contributed by atoms with E-state index in [9.17, 15) is 23.3 Å². The minimum atomic E-state index is -4.21. The molecule has 0 radical (unpaired) electrons. The molecule has 0 bridgehead atoms. The molecule has 0 saturated carbocycles. The Kier molecular flexibility index (Phi) is 7.23. The van der Waals surface area contributed by atoms with E-state index in [2.05, 4.69) is 20.9 Å². The van der Waals surface area contributed by atoms with Crippen molar-refractivity contribution in [3.05, 3.63) is 57.6 Å². The molecule has 10 nitrogen and oxygen atoms in total. The summed E-state index contributed by atoms with van der Waals surface area (Å²) >= 11 is 5.48. The lowest BCUT2D eigenvalue weighted by molar-refractivity contribution is -0.385. The van der Waals surface area contributed by atoms with Crippen LogP contribution in [0.5, 0.6) is 0 Å². The van der Waals surface area contributed by atoms with E-state index >= 15 is 0 Å². The van der Waals surface area contributed by atoms with Gasteiger partial charge in [-0.05, 0) is 31.5 Å². The smallest absolute Gasteiger partial charge is 0.333 e. The third kappa shape index (κ3) is 5.96. The van der Waals surface area contributed by atoms with Crippen molar-refractivity contribution in [1.29, 1.82) is 0 Å². The molecule has 2 aromatic carbocycles. The molecule has 2 aromatic rings. The molecule has 0 fully saturated rings. The van der Waals surface area contributed by atoms with Gasteiger partial charge in [0.1, 0.15) is 4.90 Å². The van der Waals surface area contributed by atoms with E-state index < -0.39 is 31.6 Å². The molecule has 2 rings (SSSR count). The van der Waals surface area contributed by atoms with E-state index in [1.807, 2.05) is 6.92 Å². The van der Waals surface area contributed by atoms with Crippen LogP contribution in [0.2, 0.25) is 0 Å². The highest BCUT2D eigenvalue weighted by atomic mass is 35.5. The van der Waals surface area contributed by atoms with Gasteiger partial charge in [0.2, 0.25) is 0 Å². The zero-order valence-electron chi connectivity index (χ0n) is 15.7. The number of aryl methyl sites for hydroxylation is 2. The van der Waals surface area contributed by atoms with E-state index in [1.165, 1.54) is 6.07 Å². The summed E-state index contributed by atoms with van der Waals surface area (Å²) in [4.78, 5) is 21.7. The number of urea groups is 1. The van der Waals surface area contributed by atoms with Gasteiger partial charge < -0.3 is 5.32 Å². The number of anilines is 2. The summed E-state index contributed by atoms with van der Waals surface area (Å²) in [5.41, 5.74) is 6.23. The predicted octanol–water partition coefficient (Wildman–Crippen LogP) is 2.88. The van der Waals surface area contributed by atoms with E-state index in [0.29, 0.717) is 11.3 Å². The summed E-state index contributed by atoms with van der Waals surface area (Å²) in [6, 6.07) is 7.72. The molecule has 29 heavy (non-hydrogen) atoms. The van der Waals surface area contributed by atoms with E-state index in [4.69, 9.17) is 11.6 Å². The Morgan fingerprint density at radius 2 is 1.83 bits per heavy atom. The van der Waals surface area contributed by atoms with Crippen LogP contribution in [0.15, 0.2) is 41.3 Å². The van der Waals surface area contributed by atoms with Crippen LogP contribution in [0.3, 0.4) is 0 Å². The molecule has 0 spiro atoms. The predicted molar refractivity (Wildman–Crippen MR) is 111 cm³/mol. The van der Waals surface area contributed by atoms with Crippen molar-refractivity contribution < 1.29 is 18.1 Å². The van der Waals surface area contributed by atoms with Crippen molar-refractivity contribution >= 4 is 44.7 Å². The van der Waals surface area contributed by atoms with Crippen molar-refractivity contribution in [2.45, 2.75) is 18.7 Å². The molecular formula is C17H20ClN5O5S. The second kappa shape index (κ2) is 9.43. The van der Waals surface area contributed by atoms with Crippen LogP contribution in [0.25, 0.3) is 0 Å². The standard InChI is InChI=1S/C17H20ClN5O5S/c1-11-3-5-14(12(2)9-11)22-29(27,28)16-10-13(23(25)26)4-6-15(16)20-21-17(24)19-8-7-18/h3-6,9-10,20,22H,7-8H2,1-2H3,(H2,19,21,24). The summed E-state index contributed by atoms with van der Waals surface area (Å²) in [7, 11) is -4.21. The van der Waals surface area contributed by atoms with Gasteiger partial charge in [-0.25, -0.2) is 13.2 Å². The normalized spacial score (nSPS) is 10.9. The SMILES string of the molecule is Cc1ccc(NS(=O)(=O)c2cc([N+](=O)[O-])ccc2NNC(=O)NCCCl)c(C)c1. The maximum absolute atomic E-state index is 12.9. The number of nitro groups is 1. The van der Waals surface area contributed by atoms with Crippen LogP contribution in [0, 0.1) is 24.0 Å². The zero-order valence-corrected chi connectivity index (χ0v) is 17.2. The fourth-order valence-corrected chi connectivity index (χ4v) is 3.81. The first-order valence-corrected chi connectivity index (χ1v) is 10.4. The van der Waals surface area contributed by atoms with Crippen molar-refractivity contribution in [2.24, 2.45) is 0 Å². The van der Waals surface area contributed by atoms with Gasteiger partial charge in [0.15, 0.2) is 0 Å². The maximum Gasteiger partial charge on any atom is 0.333 e. The summed E-state index contributed by atoms with van der Waals surface area (Å²) in [5.74, 6) is 0.199. The highest BCUT2D eigenvalue weighted by Gasteiger charge is 2.23. The quantitative estimate of drug-likeness (QED) is 0.282. The fourth-order valence-electron chi connectivity index (χ4n) is 2.41. The van der Waals surface area contributed by atoms with Gasteiger partial charge in [0, 0.05) is 24.6 Å². The van der Waals surface area contributed by atoms with Gasteiger partial charge in [-0.2, -0.15) is 0 Å². The topological polar surface area (TPSA) is 142 Å². The number of rotatable bonds is 8. The van der Waals surface area contributed by atoms with Crippen LogP contribution in [0.4, 0.5) is 21.9 Å². The number of hydrogen-bond donors (Lipinski definition) is 4. The van der Waals surface area contributed by atoms with Crippen molar-refractivity contribution in [1.82, 2.24) is 10.7 Å². The molecular weight excluding hydrogens is 422 g/mol. The number of amides is 2. The van der Waals surface area contributed by atoms with Crippen molar-refractivity contribution in [3.63, 3.8) is 0 Å². The number of non-ortho nitro benzene ring substituents is 1. The van der Waals surface area contributed by atoms with Crippen LogP contribution in [-0.4, -0.2) is 31.8 Å². The highest BCUT2D eigenvalue weighted by molar-refractivity contribution is 7.92. The lowest BCUT2D eigenvalue weighted by Gasteiger charge is -2.16. The molecule has 0 aromatic heterocycles. The molecule has 0 saturated heterocycles. The first-order chi connectivity index (χ1) is 13.6. The Morgan fingerprint density at radius 1 is 1.14 bits per heavy atom. The Bertz CT molecular complexity index is 1030. The number of hydrogen-bond acceptors (Lipinski definition) is 6. The second-order valence-electron chi connectivity index (χ2n) is 6.06. The van der Waals surface area contributed by atoms with Crippen LogP contribution in [-0.2, 0) is 10.0 Å². The summed E-state index contributed by atoms with van der Waals surface area (Å²) in [5, 5.41) is 13.5. The summed E-state index contributed by atoms with van der Waals surface area (Å²) in [6.45, 7) is 3.81. The van der Waals surface area contributed by atoms with Crippen LogP contribution < -0.4 is 20.9 Å². The number of nitrogens with one attached hydrogen (secondary N) is 4. The average molecular weight is 442 g/mol. The summed E-state index contributed by atoms with van der Waals surface area (Å²) < 4.78 is 28.3. The molecule has 2 amide bonds. The Morgan fingerprint density at radius 3 is 2.45 bits per heavy atom. The number of alkyl halides is 1. The van der Waals surface area contributed by atoms with E-state index in [-0.39, 0.29) is 18.1 Å². The number of nitro benzene ring substituents is 1. The molecule has 0 atom stereocenters. The average Bonchev–Trinajstić information content (AvgIpc) is 2.66. The Hall–Kier alpha value is -3.05. The number of carbonyl (C=O) groups is 1. The van der Waals surface area contributed by atoms with Gasteiger partial charge in [0.25, 0.3) is 15.7 Å². The first-order valence-electron chi connectivity index (χ1n) is 8.38. The van der Waals surface area contributed by atoms with Crippen LogP contribution >= 0.6 is 11.6 Å².